The molecule has 0 N–H and O–H groups in total. The second-order valence-electron chi connectivity index (χ2n) is 8.36. The van der Waals surface area contributed by atoms with Crippen LogP contribution < -0.4 is 15.1 Å². The van der Waals surface area contributed by atoms with Crippen molar-refractivity contribution >= 4 is 16.9 Å². The van der Waals surface area contributed by atoms with Crippen LogP contribution in [0.1, 0.15) is 19.4 Å². The lowest BCUT2D eigenvalue weighted by atomic mass is 10.1. The van der Waals surface area contributed by atoms with Crippen molar-refractivity contribution < 1.29 is 23.1 Å². The Balaban J connectivity index is 1.44. The van der Waals surface area contributed by atoms with Crippen molar-refractivity contribution in [1.82, 2.24) is 9.80 Å². The number of rotatable bonds is 6. The van der Waals surface area contributed by atoms with Gasteiger partial charge in [-0.2, -0.15) is 0 Å². The van der Waals surface area contributed by atoms with Gasteiger partial charge in [-0.15, -0.1) is 0 Å². The fraction of sp³-hybridized carbons (Fsp3) is 0.360. The van der Waals surface area contributed by atoms with Crippen LogP contribution in [0.15, 0.2) is 57.7 Å². The Morgan fingerprint density at radius 3 is 2.52 bits per heavy atom. The minimum absolute atomic E-state index is 0.0231. The number of hydrogen-bond donors (Lipinski definition) is 0. The SMILES string of the molecule is COc1ccc2ccc(=O)oc2c1OCC(=O)N1CC(C)N(Cc2ccc(F)cc2)CC1C. The van der Waals surface area contributed by atoms with E-state index in [-0.39, 0.29) is 41.7 Å². The molecule has 2 aromatic carbocycles. The van der Waals surface area contributed by atoms with Crippen LogP contribution in [-0.4, -0.2) is 54.6 Å². The van der Waals surface area contributed by atoms with E-state index in [0.717, 1.165) is 5.56 Å². The molecule has 4 rings (SSSR count). The van der Waals surface area contributed by atoms with Crippen molar-refractivity contribution in [1.29, 1.82) is 0 Å². The molecular formula is C25H27FN2O5. The number of hydrogen-bond acceptors (Lipinski definition) is 6. The number of amides is 1. The molecule has 2 atom stereocenters. The van der Waals surface area contributed by atoms with Crippen LogP contribution in [0.5, 0.6) is 11.5 Å². The summed E-state index contributed by atoms with van der Waals surface area (Å²) in [6.45, 7) is 5.79. The third-order valence-electron chi connectivity index (χ3n) is 6.00. The van der Waals surface area contributed by atoms with Crippen LogP contribution >= 0.6 is 0 Å². The van der Waals surface area contributed by atoms with Crippen molar-refractivity contribution in [3.8, 4) is 11.5 Å². The van der Waals surface area contributed by atoms with Gasteiger partial charge in [-0.1, -0.05) is 12.1 Å². The fourth-order valence-electron chi connectivity index (χ4n) is 4.19. The highest BCUT2D eigenvalue weighted by Gasteiger charge is 2.32. The molecular weight excluding hydrogens is 427 g/mol. The van der Waals surface area contributed by atoms with Gasteiger partial charge in [0.05, 0.1) is 7.11 Å². The number of piperazine rings is 1. The van der Waals surface area contributed by atoms with Gasteiger partial charge in [0.1, 0.15) is 5.82 Å². The van der Waals surface area contributed by atoms with E-state index in [1.165, 1.54) is 25.3 Å². The topological polar surface area (TPSA) is 72.2 Å². The average Bonchev–Trinajstić information content (AvgIpc) is 2.80. The summed E-state index contributed by atoms with van der Waals surface area (Å²) in [5.74, 6) is 0.206. The van der Waals surface area contributed by atoms with Crippen LogP contribution in [-0.2, 0) is 11.3 Å². The van der Waals surface area contributed by atoms with E-state index in [1.807, 2.05) is 6.92 Å². The van der Waals surface area contributed by atoms with Crippen molar-refractivity contribution in [3.05, 3.63) is 70.3 Å². The Morgan fingerprint density at radius 2 is 1.79 bits per heavy atom. The van der Waals surface area contributed by atoms with Gasteiger partial charge >= 0.3 is 5.63 Å². The standard InChI is InChI=1S/C25H27FN2O5/c1-16-13-28(17(2)12-27(16)14-18-4-8-20(26)9-5-18)22(29)15-32-25-21(31-3)10-6-19-7-11-23(30)33-24(19)25/h4-11,16-17H,12-15H2,1-3H3. The summed E-state index contributed by atoms with van der Waals surface area (Å²) < 4.78 is 29.7. The van der Waals surface area contributed by atoms with Crippen molar-refractivity contribution in [2.45, 2.75) is 32.5 Å². The summed E-state index contributed by atoms with van der Waals surface area (Å²) in [6, 6.07) is 13.0. The van der Waals surface area contributed by atoms with Crippen molar-refractivity contribution in [2.24, 2.45) is 0 Å². The Labute approximate surface area is 191 Å². The summed E-state index contributed by atoms with van der Waals surface area (Å²) in [7, 11) is 1.49. The summed E-state index contributed by atoms with van der Waals surface area (Å²) in [5, 5.41) is 0.675. The molecule has 0 bridgehead atoms. The van der Waals surface area contributed by atoms with Gasteiger partial charge in [0, 0.05) is 43.2 Å². The second-order valence-corrected chi connectivity index (χ2v) is 8.36. The monoisotopic (exact) mass is 454 g/mol. The second kappa shape index (κ2) is 9.62. The number of fused-ring (bicyclic) bond motifs is 1. The normalized spacial score (nSPS) is 19.0. The minimum atomic E-state index is -0.508. The molecule has 1 amide bonds. The molecule has 2 heterocycles. The van der Waals surface area contributed by atoms with Crippen molar-refractivity contribution in [2.75, 3.05) is 26.8 Å². The number of benzene rings is 2. The maximum absolute atomic E-state index is 13.2. The highest BCUT2D eigenvalue weighted by Crippen LogP contribution is 2.35. The lowest BCUT2D eigenvalue weighted by Crippen LogP contribution is -2.58. The quantitative estimate of drug-likeness (QED) is 0.532. The molecule has 174 valence electrons. The molecule has 0 aliphatic carbocycles. The Bertz CT molecular complexity index is 1190. The van der Waals surface area contributed by atoms with Gasteiger partial charge in [0.25, 0.3) is 5.91 Å². The van der Waals surface area contributed by atoms with E-state index >= 15 is 0 Å². The Hall–Kier alpha value is -3.39. The molecule has 8 heteroatoms. The third-order valence-corrected chi connectivity index (χ3v) is 6.00. The number of ether oxygens (including phenoxy) is 2. The summed E-state index contributed by atoms with van der Waals surface area (Å²) in [4.78, 5) is 28.8. The molecule has 1 aliphatic heterocycles. The number of halogens is 1. The first-order valence-corrected chi connectivity index (χ1v) is 10.9. The Kier molecular flexibility index (Phi) is 6.65. The predicted molar refractivity (Wildman–Crippen MR) is 122 cm³/mol. The number of nitrogens with zero attached hydrogens (tertiary/aromatic N) is 2. The minimum Gasteiger partial charge on any atom is -0.493 e. The molecule has 0 saturated carbocycles. The number of carbonyl (C=O) groups is 1. The molecule has 1 aliphatic rings. The zero-order valence-corrected chi connectivity index (χ0v) is 18.9. The summed E-state index contributed by atoms with van der Waals surface area (Å²) >= 11 is 0. The van der Waals surface area contributed by atoms with Crippen LogP contribution in [0.25, 0.3) is 11.0 Å². The van der Waals surface area contributed by atoms with Crippen LogP contribution in [0.2, 0.25) is 0 Å². The van der Waals surface area contributed by atoms with E-state index in [4.69, 9.17) is 13.9 Å². The summed E-state index contributed by atoms with van der Waals surface area (Å²) in [5.41, 5.74) is 0.773. The van der Waals surface area contributed by atoms with Gasteiger partial charge in [-0.05, 0) is 49.7 Å². The van der Waals surface area contributed by atoms with Crippen LogP contribution in [0.4, 0.5) is 4.39 Å². The molecule has 2 unspecified atom stereocenters. The molecule has 7 nitrogen and oxygen atoms in total. The molecule has 1 aromatic heterocycles. The van der Waals surface area contributed by atoms with Gasteiger partial charge in [0.2, 0.25) is 5.75 Å². The summed E-state index contributed by atoms with van der Waals surface area (Å²) in [6.07, 6.45) is 0. The number of methoxy groups -OCH3 is 1. The highest BCUT2D eigenvalue weighted by molar-refractivity contribution is 5.86. The largest absolute Gasteiger partial charge is 0.493 e. The zero-order valence-electron chi connectivity index (χ0n) is 18.9. The zero-order chi connectivity index (χ0) is 23.5. The van der Waals surface area contributed by atoms with E-state index in [1.54, 1.807) is 35.2 Å². The van der Waals surface area contributed by atoms with Crippen LogP contribution in [0, 0.1) is 5.82 Å². The molecule has 1 fully saturated rings. The van der Waals surface area contributed by atoms with Crippen molar-refractivity contribution in [3.63, 3.8) is 0 Å². The fourth-order valence-corrected chi connectivity index (χ4v) is 4.19. The van der Waals surface area contributed by atoms with E-state index in [2.05, 4.69) is 11.8 Å². The molecule has 3 aromatic rings. The molecule has 0 radical (unpaired) electrons. The van der Waals surface area contributed by atoms with E-state index in [0.29, 0.717) is 30.8 Å². The molecule has 0 spiro atoms. The first-order valence-electron chi connectivity index (χ1n) is 10.9. The van der Waals surface area contributed by atoms with Gasteiger partial charge < -0.3 is 18.8 Å². The number of carbonyl (C=O) groups excluding carboxylic acids is 1. The van der Waals surface area contributed by atoms with E-state index in [9.17, 15) is 14.0 Å². The molecule has 1 saturated heterocycles. The first kappa shape index (κ1) is 22.8. The Morgan fingerprint density at radius 1 is 1.06 bits per heavy atom. The van der Waals surface area contributed by atoms with E-state index < -0.39 is 5.63 Å². The smallest absolute Gasteiger partial charge is 0.336 e. The lowest BCUT2D eigenvalue weighted by molar-refractivity contribution is -0.139. The lowest BCUT2D eigenvalue weighted by Gasteiger charge is -2.44. The first-order chi connectivity index (χ1) is 15.9. The maximum Gasteiger partial charge on any atom is 0.336 e. The maximum atomic E-state index is 13.2. The van der Waals surface area contributed by atoms with Crippen LogP contribution in [0.3, 0.4) is 0 Å². The van der Waals surface area contributed by atoms with Gasteiger partial charge in [0.15, 0.2) is 17.9 Å². The molecule has 33 heavy (non-hydrogen) atoms. The average molecular weight is 454 g/mol. The van der Waals surface area contributed by atoms with Gasteiger partial charge in [-0.25, -0.2) is 9.18 Å². The third kappa shape index (κ3) is 5.01. The predicted octanol–water partition coefficient (Wildman–Crippen LogP) is 3.44. The van der Waals surface area contributed by atoms with Gasteiger partial charge in [-0.3, -0.25) is 9.69 Å². The highest BCUT2D eigenvalue weighted by atomic mass is 19.1.